The lowest BCUT2D eigenvalue weighted by Crippen LogP contribution is -1.95. The van der Waals surface area contributed by atoms with E-state index in [-0.39, 0.29) is 5.82 Å². The molecule has 2 aromatic carbocycles. The minimum atomic E-state index is -0.255. The summed E-state index contributed by atoms with van der Waals surface area (Å²) >= 11 is 0. The molecule has 0 aliphatic rings. The maximum absolute atomic E-state index is 13.0. The van der Waals surface area contributed by atoms with Crippen LogP contribution >= 0.6 is 0 Å². The van der Waals surface area contributed by atoms with E-state index < -0.39 is 0 Å². The molecule has 3 nitrogen and oxygen atoms in total. The Labute approximate surface area is 120 Å². The third-order valence-corrected chi connectivity index (χ3v) is 3.39. The Hall–Kier alpha value is -2.62. The highest BCUT2D eigenvalue weighted by Gasteiger charge is 2.08. The van der Waals surface area contributed by atoms with Crippen molar-refractivity contribution in [3.05, 3.63) is 60.1 Å². The van der Waals surface area contributed by atoms with Crippen LogP contribution in [-0.2, 0) is 16.0 Å². The number of hydrogen-bond acceptors (Lipinski definition) is 3. The quantitative estimate of drug-likeness (QED) is 0.526. The molecule has 21 heavy (non-hydrogen) atoms. The zero-order valence-corrected chi connectivity index (χ0v) is 11.2. The molecule has 1 heterocycles. The molecule has 0 aliphatic heterocycles. The Morgan fingerprint density at radius 1 is 1.10 bits per heavy atom. The smallest absolute Gasteiger partial charge is 0.293 e. The summed E-state index contributed by atoms with van der Waals surface area (Å²) in [5.74, 6) is -0.255. The summed E-state index contributed by atoms with van der Waals surface area (Å²) in [7, 11) is 0. The zero-order valence-electron chi connectivity index (χ0n) is 11.2. The Balaban J connectivity index is 1.96. The first-order valence-corrected chi connectivity index (χ1v) is 6.59. The Kier molecular flexibility index (Phi) is 3.69. The van der Waals surface area contributed by atoms with Crippen LogP contribution < -0.4 is 0 Å². The third kappa shape index (κ3) is 2.79. The fourth-order valence-electron chi connectivity index (χ4n) is 2.31. The molecule has 0 atom stereocenters. The zero-order chi connectivity index (χ0) is 14.7. The average molecular weight is 284 g/mol. The number of furan rings is 1. The van der Waals surface area contributed by atoms with Gasteiger partial charge in [-0.25, -0.2) is 4.39 Å². The number of fused-ring (bicyclic) bond motifs is 1. The van der Waals surface area contributed by atoms with Crippen LogP contribution in [0.1, 0.15) is 5.56 Å². The van der Waals surface area contributed by atoms with Crippen LogP contribution in [0.3, 0.4) is 0 Å². The van der Waals surface area contributed by atoms with Gasteiger partial charge in [-0.05, 0) is 35.4 Å². The van der Waals surface area contributed by atoms with Gasteiger partial charge in [0.15, 0.2) is 0 Å². The van der Waals surface area contributed by atoms with Crippen molar-refractivity contribution in [2.45, 2.75) is 6.42 Å². The maximum atomic E-state index is 13.0. The van der Waals surface area contributed by atoms with E-state index in [0.717, 1.165) is 27.7 Å². The van der Waals surface area contributed by atoms with Crippen LogP contribution in [-0.4, -0.2) is 13.1 Å². The maximum Gasteiger partial charge on any atom is 0.293 e. The van der Waals surface area contributed by atoms with Crippen molar-refractivity contribution in [1.29, 1.82) is 0 Å². The van der Waals surface area contributed by atoms with Crippen molar-refractivity contribution < 1.29 is 18.3 Å². The van der Waals surface area contributed by atoms with Crippen molar-refractivity contribution in [1.82, 2.24) is 0 Å². The normalized spacial score (nSPS) is 10.7. The molecule has 3 aromatic rings. The van der Waals surface area contributed by atoms with Gasteiger partial charge in [0.2, 0.25) is 0 Å². The number of halogens is 1. The standard InChI is InChI=1S/C17H13FO3/c18-15-4-1-12(2-5-15)13-3-6-17-16(9-13)14(10-21-17)7-8-20-11-19/h1-6,9-11H,7-8H2. The molecule has 0 radical (unpaired) electrons. The Morgan fingerprint density at radius 2 is 1.86 bits per heavy atom. The summed E-state index contributed by atoms with van der Waals surface area (Å²) in [6.07, 6.45) is 2.27. The number of rotatable bonds is 5. The fraction of sp³-hybridized carbons (Fsp3) is 0.118. The molecule has 0 N–H and O–H groups in total. The largest absolute Gasteiger partial charge is 0.468 e. The van der Waals surface area contributed by atoms with E-state index in [1.807, 2.05) is 18.2 Å². The van der Waals surface area contributed by atoms with E-state index >= 15 is 0 Å². The second-order valence-electron chi connectivity index (χ2n) is 4.70. The van der Waals surface area contributed by atoms with E-state index in [9.17, 15) is 9.18 Å². The molecule has 106 valence electrons. The number of ether oxygens (including phenoxy) is 1. The fourth-order valence-corrected chi connectivity index (χ4v) is 2.31. The monoisotopic (exact) mass is 284 g/mol. The first kappa shape index (κ1) is 13.4. The lowest BCUT2D eigenvalue weighted by Gasteiger charge is -2.03. The topological polar surface area (TPSA) is 39.4 Å². The minimum absolute atomic E-state index is 0.255. The van der Waals surface area contributed by atoms with Gasteiger partial charge >= 0.3 is 0 Å². The Morgan fingerprint density at radius 3 is 2.62 bits per heavy atom. The third-order valence-electron chi connectivity index (χ3n) is 3.39. The SMILES string of the molecule is O=COCCc1coc2ccc(-c3ccc(F)cc3)cc12. The first-order chi connectivity index (χ1) is 10.3. The summed E-state index contributed by atoms with van der Waals surface area (Å²) in [4.78, 5) is 10.2. The molecular weight excluding hydrogens is 271 g/mol. The van der Waals surface area contributed by atoms with Crippen LogP contribution in [0, 0.1) is 5.82 Å². The van der Waals surface area contributed by atoms with Gasteiger partial charge in [0.1, 0.15) is 11.4 Å². The Bertz CT molecular complexity index is 759. The van der Waals surface area contributed by atoms with Gasteiger partial charge in [-0.1, -0.05) is 18.2 Å². The van der Waals surface area contributed by atoms with Gasteiger partial charge in [-0.15, -0.1) is 0 Å². The molecule has 3 rings (SSSR count). The van der Waals surface area contributed by atoms with E-state index in [4.69, 9.17) is 9.15 Å². The first-order valence-electron chi connectivity index (χ1n) is 6.59. The van der Waals surface area contributed by atoms with Crippen molar-refractivity contribution in [2.24, 2.45) is 0 Å². The van der Waals surface area contributed by atoms with Crippen LogP contribution in [0.5, 0.6) is 0 Å². The minimum Gasteiger partial charge on any atom is -0.468 e. The molecule has 0 saturated heterocycles. The van der Waals surface area contributed by atoms with E-state index in [1.165, 1.54) is 12.1 Å². The van der Waals surface area contributed by atoms with Crippen molar-refractivity contribution in [3.63, 3.8) is 0 Å². The molecule has 0 unspecified atom stereocenters. The molecule has 0 spiro atoms. The van der Waals surface area contributed by atoms with E-state index in [1.54, 1.807) is 18.4 Å². The van der Waals surface area contributed by atoms with Gasteiger partial charge in [-0.3, -0.25) is 4.79 Å². The summed E-state index contributed by atoms with van der Waals surface area (Å²) < 4.78 is 23.2. The van der Waals surface area contributed by atoms with Gasteiger partial charge < -0.3 is 9.15 Å². The highest BCUT2D eigenvalue weighted by Crippen LogP contribution is 2.28. The molecule has 0 aliphatic carbocycles. The molecule has 0 amide bonds. The predicted octanol–water partition coefficient (Wildman–Crippen LogP) is 3.95. The number of hydrogen-bond donors (Lipinski definition) is 0. The molecule has 0 bridgehead atoms. The number of carbonyl (C=O) groups excluding carboxylic acids is 1. The highest BCUT2D eigenvalue weighted by atomic mass is 19.1. The van der Waals surface area contributed by atoms with Crippen molar-refractivity contribution in [3.8, 4) is 11.1 Å². The van der Waals surface area contributed by atoms with Gasteiger partial charge in [0, 0.05) is 17.4 Å². The average Bonchev–Trinajstić information content (AvgIpc) is 2.91. The summed E-state index contributed by atoms with van der Waals surface area (Å²) in [6, 6.07) is 12.2. The molecule has 4 heteroatoms. The lowest BCUT2D eigenvalue weighted by molar-refractivity contribution is -0.128. The van der Waals surface area contributed by atoms with Gasteiger partial charge in [-0.2, -0.15) is 0 Å². The van der Waals surface area contributed by atoms with Crippen LogP contribution in [0.2, 0.25) is 0 Å². The molecular formula is C17H13FO3. The van der Waals surface area contributed by atoms with Crippen molar-refractivity contribution >= 4 is 17.4 Å². The van der Waals surface area contributed by atoms with E-state index in [2.05, 4.69) is 0 Å². The second-order valence-corrected chi connectivity index (χ2v) is 4.70. The van der Waals surface area contributed by atoms with Crippen molar-refractivity contribution in [2.75, 3.05) is 6.61 Å². The van der Waals surface area contributed by atoms with Crippen LogP contribution in [0.4, 0.5) is 4.39 Å². The predicted molar refractivity (Wildman–Crippen MR) is 77.3 cm³/mol. The van der Waals surface area contributed by atoms with E-state index in [0.29, 0.717) is 19.5 Å². The number of benzene rings is 2. The van der Waals surface area contributed by atoms with Crippen LogP contribution in [0.25, 0.3) is 22.1 Å². The van der Waals surface area contributed by atoms with Crippen LogP contribution in [0.15, 0.2) is 53.1 Å². The molecule has 1 aromatic heterocycles. The number of carbonyl (C=O) groups is 1. The summed E-state index contributed by atoms with van der Waals surface area (Å²) in [6.45, 7) is 0.755. The van der Waals surface area contributed by atoms with Gasteiger partial charge in [0.25, 0.3) is 6.47 Å². The lowest BCUT2D eigenvalue weighted by atomic mass is 10.0. The second kappa shape index (κ2) is 5.79. The highest BCUT2D eigenvalue weighted by molar-refractivity contribution is 5.86. The molecule has 0 saturated carbocycles. The summed E-state index contributed by atoms with van der Waals surface area (Å²) in [5.41, 5.74) is 3.69. The summed E-state index contributed by atoms with van der Waals surface area (Å²) in [5, 5.41) is 0.978. The molecule has 0 fully saturated rings. The van der Waals surface area contributed by atoms with Gasteiger partial charge in [0.05, 0.1) is 12.9 Å².